The van der Waals surface area contributed by atoms with E-state index in [0.29, 0.717) is 12.4 Å². The number of aryl methyl sites for hydroxylation is 2. The third-order valence-electron chi connectivity index (χ3n) is 2.68. The minimum Gasteiger partial charge on any atom is -0.372 e. The van der Waals surface area contributed by atoms with Gasteiger partial charge in [-0.2, -0.15) is 5.10 Å². The third-order valence-corrected chi connectivity index (χ3v) is 2.68. The van der Waals surface area contributed by atoms with Crippen LogP contribution in [0.5, 0.6) is 0 Å². The zero-order valence-electron chi connectivity index (χ0n) is 11.1. The number of amides is 1. The highest BCUT2D eigenvalue weighted by Crippen LogP contribution is 2.05. The fourth-order valence-corrected chi connectivity index (χ4v) is 1.68. The van der Waals surface area contributed by atoms with Crippen LogP contribution in [0.1, 0.15) is 21.7 Å². The second-order valence-electron chi connectivity index (χ2n) is 4.14. The Balaban J connectivity index is 2.03. The van der Waals surface area contributed by atoms with Gasteiger partial charge in [0.25, 0.3) is 5.91 Å². The van der Waals surface area contributed by atoms with Gasteiger partial charge >= 0.3 is 0 Å². The van der Waals surface area contributed by atoms with E-state index in [-0.39, 0.29) is 11.6 Å². The first kappa shape index (κ1) is 13.0. The van der Waals surface area contributed by atoms with Crippen molar-refractivity contribution in [2.24, 2.45) is 7.05 Å². The van der Waals surface area contributed by atoms with Gasteiger partial charge in [0.05, 0.1) is 18.1 Å². The first-order valence-electron chi connectivity index (χ1n) is 5.87. The molecule has 0 aliphatic heterocycles. The minimum atomic E-state index is -0.257. The van der Waals surface area contributed by atoms with Crippen molar-refractivity contribution in [2.75, 3.05) is 12.4 Å². The van der Waals surface area contributed by atoms with Crippen LogP contribution in [0.15, 0.2) is 18.6 Å². The van der Waals surface area contributed by atoms with Crippen LogP contribution < -0.4 is 10.6 Å². The molecule has 100 valence electrons. The monoisotopic (exact) mass is 260 g/mol. The molecule has 0 saturated heterocycles. The maximum atomic E-state index is 11.9. The maximum absolute atomic E-state index is 11.9. The van der Waals surface area contributed by atoms with Crippen molar-refractivity contribution in [3.63, 3.8) is 0 Å². The molecule has 2 aromatic heterocycles. The summed E-state index contributed by atoms with van der Waals surface area (Å²) in [6, 6.07) is 0. The van der Waals surface area contributed by atoms with Crippen molar-refractivity contribution >= 4 is 11.7 Å². The lowest BCUT2D eigenvalue weighted by molar-refractivity contribution is 0.0945. The van der Waals surface area contributed by atoms with E-state index in [1.807, 2.05) is 20.2 Å². The molecule has 2 N–H and O–H groups in total. The zero-order chi connectivity index (χ0) is 13.8. The fraction of sp³-hybridized carbons (Fsp3) is 0.333. The van der Waals surface area contributed by atoms with E-state index in [9.17, 15) is 4.79 Å². The molecular weight excluding hydrogens is 244 g/mol. The molecule has 2 aromatic rings. The molecule has 0 spiro atoms. The molecule has 7 heteroatoms. The molecule has 0 saturated carbocycles. The van der Waals surface area contributed by atoms with Crippen molar-refractivity contribution in [1.82, 2.24) is 25.1 Å². The summed E-state index contributed by atoms with van der Waals surface area (Å²) in [5.41, 5.74) is 2.17. The highest BCUT2D eigenvalue weighted by molar-refractivity contribution is 5.92. The van der Waals surface area contributed by atoms with Crippen LogP contribution >= 0.6 is 0 Å². The van der Waals surface area contributed by atoms with Gasteiger partial charge < -0.3 is 10.6 Å². The van der Waals surface area contributed by atoms with Gasteiger partial charge in [-0.3, -0.25) is 14.5 Å². The van der Waals surface area contributed by atoms with E-state index in [1.54, 1.807) is 17.9 Å². The van der Waals surface area contributed by atoms with Gasteiger partial charge in [0, 0.05) is 32.4 Å². The standard InChI is InChI=1S/C12H16N6O/c1-8-9(7-18(3)17-8)4-15-12(19)10-5-14-6-11(13-2)16-10/h5-7H,4H2,1-3H3,(H,13,16)(H,15,19). The molecule has 2 heterocycles. The molecule has 0 unspecified atom stereocenters. The largest absolute Gasteiger partial charge is 0.372 e. The zero-order valence-corrected chi connectivity index (χ0v) is 11.1. The van der Waals surface area contributed by atoms with E-state index in [1.165, 1.54) is 6.20 Å². The van der Waals surface area contributed by atoms with Crippen LogP contribution in [0, 0.1) is 6.92 Å². The van der Waals surface area contributed by atoms with Gasteiger partial charge in [0.1, 0.15) is 11.5 Å². The fourth-order valence-electron chi connectivity index (χ4n) is 1.68. The normalized spacial score (nSPS) is 10.3. The molecule has 2 rings (SSSR count). The Labute approximate surface area is 111 Å². The number of hydrogen-bond donors (Lipinski definition) is 2. The van der Waals surface area contributed by atoms with Crippen molar-refractivity contribution in [1.29, 1.82) is 0 Å². The molecule has 0 radical (unpaired) electrons. The Morgan fingerprint density at radius 3 is 2.84 bits per heavy atom. The van der Waals surface area contributed by atoms with E-state index in [4.69, 9.17) is 0 Å². The summed E-state index contributed by atoms with van der Waals surface area (Å²) in [4.78, 5) is 20.0. The topological polar surface area (TPSA) is 84.7 Å². The van der Waals surface area contributed by atoms with Crippen LogP contribution in [-0.4, -0.2) is 32.7 Å². The summed E-state index contributed by atoms with van der Waals surface area (Å²) < 4.78 is 1.72. The summed E-state index contributed by atoms with van der Waals surface area (Å²) in [7, 11) is 3.57. The summed E-state index contributed by atoms with van der Waals surface area (Å²) in [6.07, 6.45) is 4.87. The molecule has 0 aliphatic rings. The van der Waals surface area contributed by atoms with Gasteiger partial charge in [-0.1, -0.05) is 0 Å². The average Bonchev–Trinajstić information content (AvgIpc) is 2.74. The third kappa shape index (κ3) is 3.06. The van der Waals surface area contributed by atoms with Crippen LogP contribution in [0.25, 0.3) is 0 Å². The number of rotatable bonds is 4. The molecule has 1 amide bonds. The highest BCUT2D eigenvalue weighted by atomic mass is 16.1. The lowest BCUT2D eigenvalue weighted by Crippen LogP contribution is -2.24. The Morgan fingerprint density at radius 1 is 1.42 bits per heavy atom. The number of nitrogens with zero attached hydrogens (tertiary/aromatic N) is 4. The van der Waals surface area contributed by atoms with E-state index >= 15 is 0 Å². The SMILES string of the molecule is CNc1cncc(C(=O)NCc2cn(C)nc2C)n1. The van der Waals surface area contributed by atoms with Gasteiger partial charge in [0.15, 0.2) is 0 Å². The Hall–Kier alpha value is -2.44. The first-order chi connectivity index (χ1) is 9.10. The molecule has 7 nitrogen and oxygen atoms in total. The average molecular weight is 260 g/mol. The minimum absolute atomic E-state index is 0.257. The predicted molar refractivity (Wildman–Crippen MR) is 70.7 cm³/mol. The summed E-state index contributed by atoms with van der Waals surface area (Å²) >= 11 is 0. The highest BCUT2D eigenvalue weighted by Gasteiger charge is 2.10. The molecule has 0 fully saturated rings. The number of hydrogen-bond acceptors (Lipinski definition) is 5. The molecule has 19 heavy (non-hydrogen) atoms. The van der Waals surface area contributed by atoms with Gasteiger partial charge in [-0.15, -0.1) is 0 Å². The maximum Gasteiger partial charge on any atom is 0.271 e. The smallest absolute Gasteiger partial charge is 0.271 e. The number of carbonyl (C=O) groups is 1. The predicted octanol–water partition coefficient (Wildman–Crippen LogP) is 0.490. The van der Waals surface area contributed by atoms with Crippen molar-refractivity contribution in [2.45, 2.75) is 13.5 Å². The number of carbonyl (C=O) groups excluding carboxylic acids is 1. The lowest BCUT2D eigenvalue weighted by atomic mass is 10.2. The summed E-state index contributed by atoms with van der Waals surface area (Å²) in [6.45, 7) is 2.33. The Morgan fingerprint density at radius 2 is 2.21 bits per heavy atom. The molecule has 0 aliphatic carbocycles. The molecule has 0 atom stereocenters. The number of nitrogens with one attached hydrogen (secondary N) is 2. The van der Waals surface area contributed by atoms with Gasteiger partial charge in [0.2, 0.25) is 0 Å². The van der Waals surface area contributed by atoms with Crippen molar-refractivity contribution in [3.8, 4) is 0 Å². The Bertz CT molecular complexity index is 592. The van der Waals surface area contributed by atoms with Crippen LogP contribution in [0.2, 0.25) is 0 Å². The number of anilines is 1. The van der Waals surface area contributed by atoms with E-state index in [0.717, 1.165) is 11.3 Å². The lowest BCUT2D eigenvalue weighted by Gasteiger charge is -2.05. The van der Waals surface area contributed by atoms with Crippen LogP contribution in [0.3, 0.4) is 0 Å². The second kappa shape index (κ2) is 5.47. The van der Waals surface area contributed by atoms with Crippen LogP contribution in [-0.2, 0) is 13.6 Å². The molecule has 0 bridgehead atoms. The van der Waals surface area contributed by atoms with Crippen molar-refractivity contribution in [3.05, 3.63) is 35.5 Å². The number of aromatic nitrogens is 4. The van der Waals surface area contributed by atoms with Crippen molar-refractivity contribution < 1.29 is 4.79 Å². The molecular formula is C12H16N6O. The van der Waals surface area contributed by atoms with Crippen LogP contribution in [0.4, 0.5) is 5.82 Å². The molecule has 0 aromatic carbocycles. The van der Waals surface area contributed by atoms with E-state index < -0.39 is 0 Å². The summed E-state index contributed by atoms with van der Waals surface area (Å²) in [5, 5.41) is 9.86. The second-order valence-corrected chi connectivity index (χ2v) is 4.14. The van der Waals surface area contributed by atoms with Gasteiger partial charge in [-0.25, -0.2) is 4.98 Å². The summed E-state index contributed by atoms with van der Waals surface area (Å²) in [5.74, 6) is 0.304. The Kier molecular flexibility index (Phi) is 3.74. The quantitative estimate of drug-likeness (QED) is 0.835. The first-order valence-corrected chi connectivity index (χ1v) is 5.87. The van der Waals surface area contributed by atoms with Gasteiger partial charge in [-0.05, 0) is 6.92 Å². The van der Waals surface area contributed by atoms with E-state index in [2.05, 4.69) is 25.7 Å².